The van der Waals surface area contributed by atoms with Gasteiger partial charge in [0.1, 0.15) is 0 Å². The fourth-order valence-electron chi connectivity index (χ4n) is 4.27. The van der Waals surface area contributed by atoms with Crippen LogP contribution < -0.4 is 9.47 Å². The van der Waals surface area contributed by atoms with Gasteiger partial charge in [-0.15, -0.1) is 0 Å². The SMILES string of the molecule is COc1ccccc1OCCC(=O)N1CCC[C@@H]1[C@@H]1CCCC[C@H]1O. The van der Waals surface area contributed by atoms with E-state index in [4.69, 9.17) is 9.47 Å². The summed E-state index contributed by atoms with van der Waals surface area (Å²) in [4.78, 5) is 14.7. The van der Waals surface area contributed by atoms with Crippen LogP contribution in [0.4, 0.5) is 0 Å². The van der Waals surface area contributed by atoms with Crippen LogP contribution in [0.3, 0.4) is 0 Å². The van der Waals surface area contributed by atoms with Crippen molar-refractivity contribution in [2.24, 2.45) is 5.92 Å². The first-order valence-corrected chi connectivity index (χ1v) is 9.44. The molecule has 5 nitrogen and oxygen atoms in total. The molecule has 1 amide bonds. The normalized spacial score (nSPS) is 26.5. The Labute approximate surface area is 149 Å². The van der Waals surface area contributed by atoms with E-state index in [1.54, 1.807) is 7.11 Å². The van der Waals surface area contributed by atoms with E-state index in [0.717, 1.165) is 45.1 Å². The van der Waals surface area contributed by atoms with Crippen LogP contribution in [-0.4, -0.2) is 48.3 Å². The highest BCUT2D eigenvalue weighted by Gasteiger charge is 2.38. The zero-order valence-corrected chi connectivity index (χ0v) is 15.0. The lowest BCUT2D eigenvalue weighted by atomic mass is 9.80. The maximum atomic E-state index is 12.7. The summed E-state index contributed by atoms with van der Waals surface area (Å²) in [6.45, 7) is 1.15. The average Bonchev–Trinajstić information content (AvgIpc) is 3.12. The van der Waals surface area contributed by atoms with Crippen LogP contribution in [0.1, 0.15) is 44.9 Å². The fraction of sp³-hybridized carbons (Fsp3) is 0.650. The van der Waals surface area contributed by atoms with E-state index in [9.17, 15) is 9.90 Å². The van der Waals surface area contributed by atoms with Crippen LogP contribution >= 0.6 is 0 Å². The molecule has 2 fully saturated rings. The molecule has 3 rings (SSSR count). The molecule has 5 heteroatoms. The summed E-state index contributed by atoms with van der Waals surface area (Å²) in [5.74, 6) is 1.73. The lowest BCUT2D eigenvalue weighted by Gasteiger charge is -2.37. The van der Waals surface area contributed by atoms with Crippen LogP contribution in [0.2, 0.25) is 0 Å². The molecule has 1 heterocycles. The summed E-state index contributed by atoms with van der Waals surface area (Å²) in [5, 5.41) is 10.3. The third-order valence-electron chi connectivity index (χ3n) is 5.54. The molecule has 0 unspecified atom stereocenters. The van der Waals surface area contributed by atoms with Crippen LogP contribution in [0.5, 0.6) is 11.5 Å². The second-order valence-corrected chi connectivity index (χ2v) is 7.06. The number of hydrogen-bond donors (Lipinski definition) is 1. The van der Waals surface area contributed by atoms with Gasteiger partial charge in [-0.25, -0.2) is 0 Å². The van der Waals surface area contributed by atoms with Crippen LogP contribution in [0, 0.1) is 5.92 Å². The first-order chi connectivity index (χ1) is 12.2. The standard InChI is InChI=1S/C20H29NO4/c1-24-18-10-4-5-11-19(18)25-14-12-20(23)21-13-6-8-16(21)15-7-2-3-9-17(15)22/h4-5,10-11,15-17,22H,2-3,6-9,12-14H2,1H3/t15-,16+,17+/m0/s1. The van der Waals surface area contributed by atoms with Crippen molar-refractivity contribution >= 4 is 5.91 Å². The maximum Gasteiger partial charge on any atom is 0.226 e. The van der Waals surface area contributed by atoms with E-state index in [0.29, 0.717) is 24.5 Å². The number of rotatable bonds is 6. The summed E-state index contributed by atoms with van der Waals surface area (Å²) in [7, 11) is 1.61. The van der Waals surface area contributed by atoms with Gasteiger partial charge in [-0.05, 0) is 37.8 Å². The Balaban J connectivity index is 1.53. The minimum Gasteiger partial charge on any atom is -0.493 e. The highest BCUT2D eigenvalue weighted by molar-refractivity contribution is 5.77. The summed E-state index contributed by atoms with van der Waals surface area (Å²) in [6, 6.07) is 7.68. The summed E-state index contributed by atoms with van der Waals surface area (Å²) >= 11 is 0. The Bertz CT molecular complexity index is 577. The number of aliphatic hydroxyl groups excluding tert-OH is 1. The average molecular weight is 347 g/mol. The van der Waals surface area contributed by atoms with Crippen molar-refractivity contribution in [2.75, 3.05) is 20.3 Å². The molecule has 0 radical (unpaired) electrons. The van der Waals surface area contributed by atoms with E-state index in [1.165, 1.54) is 0 Å². The van der Waals surface area contributed by atoms with Gasteiger partial charge >= 0.3 is 0 Å². The molecule has 1 saturated heterocycles. The number of methoxy groups -OCH3 is 1. The molecule has 0 aromatic heterocycles. The van der Waals surface area contributed by atoms with Gasteiger partial charge in [0.15, 0.2) is 11.5 Å². The zero-order valence-electron chi connectivity index (χ0n) is 15.0. The number of aliphatic hydroxyl groups is 1. The lowest BCUT2D eigenvalue weighted by molar-refractivity contribution is -0.134. The molecule has 1 aliphatic carbocycles. The van der Waals surface area contributed by atoms with Crippen LogP contribution in [-0.2, 0) is 4.79 Å². The molecule has 3 atom stereocenters. The van der Waals surface area contributed by atoms with Crippen molar-refractivity contribution in [2.45, 2.75) is 57.1 Å². The van der Waals surface area contributed by atoms with E-state index >= 15 is 0 Å². The molecule has 25 heavy (non-hydrogen) atoms. The molecular formula is C20H29NO4. The first-order valence-electron chi connectivity index (χ1n) is 9.44. The molecule has 138 valence electrons. The minimum absolute atomic E-state index is 0.134. The molecule has 1 N–H and O–H groups in total. The van der Waals surface area contributed by atoms with E-state index in [1.807, 2.05) is 29.2 Å². The largest absolute Gasteiger partial charge is 0.493 e. The molecule has 1 saturated carbocycles. The van der Waals surface area contributed by atoms with Gasteiger partial charge in [0.2, 0.25) is 5.91 Å². The molecule has 1 aromatic carbocycles. The topological polar surface area (TPSA) is 59.0 Å². The zero-order chi connectivity index (χ0) is 17.6. The van der Waals surface area contributed by atoms with Crippen LogP contribution in [0.15, 0.2) is 24.3 Å². The monoisotopic (exact) mass is 347 g/mol. The van der Waals surface area contributed by atoms with E-state index in [2.05, 4.69) is 0 Å². The van der Waals surface area contributed by atoms with Crippen molar-refractivity contribution in [1.29, 1.82) is 0 Å². The molecular weight excluding hydrogens is 318 g/mol. The molecule has 0 spiro atoms. The number of carbonyl (C=O) groups is 1. The maximum absolute atomic E-state index is 12.7. The van der Waals surface area contributed by atoms with Gasteiger partial charge in [-0.1, -0.05) is 25.0 Å². The van der Waals surface area contributed by atoms with Crippen molar-refractivity contribution in [3.8, 4) is 11.5 Å². The predicted molar refractivity (Wildman–Crippen MR) is 95.8 cm³/mol. The Hall–Kier alpha value is -1.75. The Morgan fingerprint density at radius 3 is 2.68 bits per heavy atom. The van der Waals surface area contributed by atoms with E-state index in [-0.39, 0.29) is 24.0 Å². The second kappa shape index (κ2) is 8.56. The fourth-order valence-corrected chi connectivity index (χ4v) is 4.27. The van der Waals surface area contributed by atoms with E-state index < -0.39 is 0 Å². The second-order valence-electron chi connectivity index (χ2n) is 7.06. The number of likely N-dealkylation sites (tertiary alicyclic amines) is 1. The molecule has 1 aromatic rings. The summed E-state index contributed by atoms with van der Waals surface area (Å²) in [6.07, 6.45) is 6.33. The quantitative estimate of drug-likeness (QED) is 0.859. The number of para-hydroxylation sites is 2. The summed E-state index contributed by atoms with van der Waals surface area (Å²) < 4.78 is 11.0. The van der Waals surface area contributed by atoms with Crippen LogP contribution in [0.25, 0.3) is 0 Å². The van der Waals surface area contributed by atoms with Gasteiger partial charge in [0.25, 0.3) is 0 Å². The molecule has 0 bridgehead atoms. The minimum atomic E-state index is -0.253. The number of nitrogens with zero attached hydrogens (tertiary/aromatic N) is 1. The van der Waals surface area contributed by atoms with Crippen molar-refractivity contribution in [3.63, 3.8) is 0 Å². The highest BCUT2D eigenvalue weighted by atomic mass is 16.5. The van der Waals surface area contributed by atoms with Gasteiger partial charge in [0.05, 0.1) is 26.2 Å². The van der Waals surface area contributed by atoms with Crippen molar-refractivity contribution in [1.82, 2.24) is 4.90 Å². The smallest absolute Gasteiger partial charge is 0.226 e. The van der Waals surface area contributed by atoms with Crippen molar-refractivity contribution in [3.05, 3.63) is 24.3 Å². The predicted octanol–water partition coefficient (Wildman–Crippen LogP) is 3.01. The van der Waals surface area contributed by atoms with Gasteiger partial charge in [0, 0.05) is 18.5 Å². The van der Waals surface area contributed by atoms with Gasteiger partial charge < -0.3 is 19.5 Å². The third-order valence-corrected chi connectivity index (χ3v) is 5.54. The lowest BCUT2D eigenvalue weighted by Crippen LogP contribution is -2.45. The number of carbonyl (C=O) groups excluding carboxylic acids is 1. The van der Waals surface area contributed by atoms with Gasteiger partial charge in [-0.3, -0.25) is 4.79 Å². The number of benzene rings is 1. The molecule has 1 aliphatic heterocycles. The number of amides is 1. The van der Waals surface area contributed by atoms with Crippen molar-refractivity contribution < 1.29 is 19.4 Å². The Kier molecular flexibility index (Phi) is 6.19. The third kappa shape index (κ3) is 4.27. The summed E-state index contributed by atoms with van der Waals surface area (Å²) in [5.41, 5.74) is 0. The molecule has 2 aliphatic rings. The Morgan fingerprint density at radius 1 is 1.16 bits per heavy atom. The number of hydrogen-bond acceptors (Lipinski definition) is 4. The highest BCUT2D eigenvalue weighted by Crippen LogP contribution is 2.35. The van der Waals surface area contributed by atoms with Gasteiger partial charge in [-0.2, -0.15) is 0 Å². The first kappa shape index (κ1) is 18.1. The number of ether oxygens (including phenoxy) is 2. The Morgan fingerprint density at radius 2 is 1.92 bits per heavy atom.